The summed E-state index contributed by atoms with van der Waals surface area (Å²) in [6.45, 7) is 25.3. The van der Waals surface area contributed by atoms with Crippen LogP contribution in [0.3, 0.4) is 0 Å². The molecule has 5 heteroatoms. The Bertz CT molecular complexity index is 2090. The molecule has 0 bridgehead atoms. The first-order chi connectivity index (χ1) is 49.2. The van der Waals surface area contributed by atoms with E-state index in [2.05, 4.69) is 102 Å². The van der Waals surface area contributed by atoms with Crippen LogP contribution in [-0.4, -0.2) is 22.2 Å². The van der Waals surface area contributed by atoms with Gasteiger partial charge in [-0.3, -0.25) is 9.59 Å². The van der Waals surface area contributed by atoms with Crippen LogP contribution in [-0.2, 0) is 55.7 Å². The first-order valence-corrected chi connectivity index (χ1v) is 44.7. The zero-order valence-corrected chi connectivity index (χ0v) is 70.5. The number of hydrogen-bond donors (Lipinski definition) is 0. The van der Waals surface area contributed by atoms with Crippen LogP contribution in [0.4, 0.5) is 0 Å². The second-order valence-corrected chi connectivity index (χ2v) is 30.9. The van der Waals surface area contributed by atoms with Crippen LogP contribution >= 0.6 is 0 Å². The van der Waals surface area contributed by atoms with Crippen molar-refractivity contribution in [2.45, 2.75) is 492 Å². The van der Waals surface area contributed by atoms with Gasteiger partial charge in [0.15, 0.2) is 0 Å². The molecule has 2 rings (SSSR count). The van der Waals surface area contributed by atoms with Gasteiger partial charge in [-0.15, -0.1) is 4.79 Å². The Morgan fingerprint density at radius 2 is 0.535 bits per heavy atom. The van der Waals surface area contributed by atoms with E-state index in [9.17, 15) is 15.1 Å². The largest absolute Gasteiger partial charge is 2.00 e. The average Bonchev–Trinajstić information content (AvgIpc) is 0.786. The minimum Gasteiger partial charge on any atom is -0.348 e. The number of rotatable bonds is 71. The summed E-state index contributed by atoms with van der Waals surface area (Å²) in [7, 11) is 0. The number of hydrogen-bond acceptors (Lipinski definition) is 2. The number of ketones is 2. The number of nitrogens with zero attached hydrogens (tertiary/aromatic N) is 2. The van der Waals surface area contributed by atoms with Gasteiger partial charge in [0.25, 0.3) is 0 Å². The van der Waals surface area contributed by atoms with Crippen LogP contribution in [0.5, 0.6) is 0 Å². The van der Waals surface area contributed by atoms with Crippen molar-refractivity contribution in [3.8, 4) is 0 Å². The monoisotopic (exact) mass is 1490 g/mol. The number of aryl methyl sites for hydroxylation is 2. The minimum absolute atomic E-state index is 0. The molecule has 0 aliphatic heterocycles. The van der Waals surface area contributed by atoms with Crippen LogP contribution in [0.2, 0.25) is 0 Å². The molecule has 0 atom stereocenters. The zero-order valence-electron chi connectivity index (χ0n) is 69.0. The fraction of sp³-hybridized carbons (Fsp3) is 0.792. The molecule has 0 N–H and O–H groups in total. The maximum atomic E-state index is 12.9. The molecular weight excluding hydrogens is 1320 g/mol. The molecule has 0 aliphatic carbocycles. The van der Waals surface area contributed by atoms with Gasteiger partial charge in [-0.2, -0.15) is 12.8 Å². The summed E-state index contributed by atoms with van der Waals surface area (Å²) in [6, 6.07) is 13.7. The topological polar surface area (TPSA) is 70.5 Å². The van der Waals surface area contributed by atoms with Gasteiger partial charge < -0.3 is 19.4 Å². The van der Waals surface area contributed by atoms with E-state index in [1.165, 1.54) is 350 Å². The Kier molecular flexibility index (Phi) is 79.4. The molecule has 101 heavy (non-hydrogen) atoms. The predicted octanol–water partition coefficient (Wildman–Crippen LogP) is 32.4. The molecule has 0 fully saturated rings. The molecular formula is C96H170N2O2Pd. The van der Waals surface area contributed by atoms with Gasteiger partial charge in [-0.05, 0) is 95.9 Å². The van der Waals surface area contributed by atoms with Crippen molar-refractivity contribution >= 4 is 23.0 Å². The Balaban J connectivity index is 0. The number of carbonyl (C=O) groups excluding carboxylic acids is 2. The van der Waals surface area contributed by atoms with E-state index >= 15 is 0 Å². The van der Waals surface area contributed by atoms with Crippen molar-refractivity contribution in [2.75, 3.05) is 0 Å². The van der Waals surface area contributed by atoms with Crippen molar-refractivity contribution < 1.29 is 34.8 Å². The van der Waals surface area contributed by atoms with E-state index in [1.807, 2.05) is 13.8 Å². The minimum atomic E-state index is 0. The summed E-state index contributed by atoms with van der Waals surface area (Å²) in [4.78, 5) is 29.3. The van der Waals surface area contributed by atoms with E-state index in [4.69, 9.17) is 0 Å². The number of benzene rings is 2. The van der Waals surface area contributed by atoms with Gasteiger partial charge in [0.05, 0.1) is 5.57 Å². The first kappa shape index (κ1) is 100. The fourth-order valence-electron chi connectivity index (χ4n) is 14.5. The molecule has 0 heterocycles. The maximum absolute atomic E-state index is 12.9. The summed E-state index contributed by atoms with van der Waals surface area (Å²) in [5.74, 6) is 3.50. The molecule has 2 aromatic carbocycles. The van der Waals surface area contributed by atoms with Crippen LogP contribution in [0.1, 0.15) is 500 Å². The van der Waals surface area contributed by atoms with Gasteiger partial charge >= 0.3 is 26.3 Å². The van der Waals surface area contributed by atoms with Gasteiger partial charge in [-0.25, -0.2) is 0 Å². The first-order valence-electron chi connectivity index (χ1n) is 44.7. The Labute approximate surface area is 645 Å². The molecule has 0 aliphatic rings. The van der Waals surface area contributed by atoms with E-state index < -0.39 is 0 Å². The third-order valence-electron chi connectivity index (χ3n) is 21.0. The number of Topliss-reactive ketones (excluding diaryl/α,β-unsaturated/α-hetero) is 2. The summed E-state index contributed by atoms with van der Waals surface area (Å²) in [5.41, 5.74) is 20.3. The Morgan fingerprint density at radius 1 is 0.307 bits per heavy atom. The van der Waals surface area contributed by atoms with Crippen LogP contribution < -0.4 is 0 Å². The third kappa shape index (κ3) is 63.2. The maximum Gasteiger partial charge on any atom is 2.00 e. The van der Waals surface area contributed by atoms with Crippen molar-refractivity contribution in [1.29, 1.82) is 0 Å². The predicted molar refractivity (Wildman–Crippen MR) is 447 cm³/mol. The molecule has 0 saturated carbocycles. The third-order valence-corrected chi connectivity index (χ3v) is 21.0. The van der Waals surface area contributed by atoms with Crippen molar-refractivity contribution in [3.63, 3.8) is 0 Å². The van der Waals surface area contributed by atoms with E-state index in [1.54, 1.807) is 0 Å². The molecule has 0 unspecified atom stereocenters. The number of carbonyl (C=O) groups is 2. The van der Waals surface area contributed by atoms with E-state index in [0.717, 1.165) is 111 Å². The Morgan fingerprint density at radius 3 is 0.802 bits per heavy atom. The fourth-order valence-corrected chi connectivity index (χ4v) is 14.5. The molecule has 0 aromatic heterocycles. The van der Waals surface area contributed by atoms with Crippen LogP contribution in [0, 0.1) is 13.8 Å². The second kappa shape index (κ2) is 79.9. The standard InChI is InChI=1S/C48H72N2O2.2C24H49.Pd/c1-7-13-17-19-20-23-27-42(37-50-49)47(28-24-18-14-8-2)48(43-31-38(25-21-15-9-3)29-39(32-43)26-22-16-10-4)44-33-40(35-45(51)11-5)30-41(34-44)36-46(52)12-6;2*1-3-5-7-9-11-13-15-17-19-21-23-24-22-20-18-16-14-12-10-8-6-4-2;/h29-34H,7-28,35-36H2,1-6H3;2*1,3-24H2,2H3;/q;2*-1;+2. The molecule has 0 saturated heterocycles. The summed E-state index contributed by atoms with van der Waals surface area (Å²) in [6.07, 6.45) is 87.8. The molecule has 586 valence electrons. The quantitative estimate of drug-likeness (QED) is 0.0126. The van der Waals surface area contributed by atoms with Crippen molar-refractivity contribution in [2.24, 2.45) is 0 Å². The summed E-state index contributed by atoms with van der Waals surface area (Å²) in [5, 5.41) is 0. The molecule has 0 radical (unpaired) electrons. The van der Waals surface area contributed by atoms with E-state index in [0.29, 0.717) is 25.7 Å². The Hall–Kier alpha value is -2.66. The van der Waals surface area contributed by atoms with Crippen LogP contribution in [0.15, 0.2) is 47.5 Å². The normalized spacial score (nSPS) is 11.3. The number of unbranched alkanes of at least 4 members (excludes halogenated alkanes) is 54. The SMILES string of the molecule is CCCCCCCCC(=C=[N+]=[N-])C(CCCCCC)=C(c1cc(CCCCC)cc(CCCCC)c1)c1cc(CC(=O)CC)cc(CC(=O)CC)c1.[CH2-]CCCCCCCCCCCCCCCCCCCCCCC.[CH2-]CCCCCCCCCCCCCCCCCCCCCCC.[Pd+2]. The summed E-state index contributed by atoms with van der Waals surface area (Å²) >= 11 is 0. The molecule has 0 spiro atoms. The molecule has 4 nitrogen and oxygen atoms in total. The van der Waals surface area contributed by atoms with Gasteiger partial charge in [0, 0.05) is 25.7 Å². The second-order valence-electron chi connectivity index (χ2n) is 30.9. The summed E-state index contributed by atoms with van der Waals surface area (Å²) < 4.78 is 0. The average molecular weight is 1490 g/mol. The van der Waals surface area contributed by atoms with Crippen molar-refractivity contribution in [3.05, 3.63) is 100 Å². The van der Waals surface area contributed by atoms with Gasteiger partial charge in [-0.1, -0.05) is 439 Å². The van der Waals surface area contributed by atoms with Gasteiger partial charge in [0.2, 0.25) is 0 Å². The smallest absolute Gasteiger partial charge is 0.348 e. The van der Waals surface area contributed by atoms with Gasteiger partial charge in [0.1, 0.15) is 11.6 Å². The van der Waals surface area contributed by atoms with E-state index in [-0.39, 0.29) is 32.0 Å². The number of allylic oxidation sites excluding steroid dienone is 2. The molecule has 2 aromatic rings. The van der Waals surface area contributed by atoms with Crippen LogP contribution in [0.25, 0.3) is 11.1 Å². The van der Waals surface area contributed by atoms with Crippen molar-refractivity contribution in [1.82, 2.24) is 0 Å². The molecule has 0 amide bonds. The zero-order chi connectivity index (χ0) is 73.1.